The fourth-order valence-corrected chi connectivity index (χ4v) is 3.94. The van der Waals surface area contributed by atoms with Gasteiger partial charge in [-0.2, -0.15) is 13.7 Å². The molecule has 172 valence electrons. The van der Waals surface area contributed by atoms with Crippen molar-refractivity contribution in [1.82, 2.24) is 0 Å². The Morgan fingerprint density at radius 1 is 1.06 bits per heavy atom. The smallest absolute Gasteiger partial charge is 0.339 e. The first-order chi connectivity index (χ1) is 16.1. The van der Waals surface area contributed by atoms with E-state index in [1.807, 2.05) is 0 Å². The first-order valence-electron chi connectivity index (χ1n) is 9.26. The second kappa shape index (κ2) is 10.4. The molecule has 0 unspecified atom stereocenters. The van der Waals surface area contributed by atoms with E-state index in [2.05, 4.69) is 5.32 Å². The number of hydrogen-bond donors (Lipinski definition) is 1. The van der Waals surface area contributed by atoms with Gasteiger partial charge >= 0.3 is 10.1 Å². The van der Waals surface area contributed by atoms with Crippen LogP contribution < -0.4 is 9.50 Å². The summed E-state index contributed by atoms with van der Waals surface area (Å²) >= 11 is 11.8. The fraction of sp³-hybridized carbons (Fsp3) is 0. The van der Waals surface area contributed by atoms with E-state index >= 15 is 0 Å². The summed E-state index contributed by atoms with van der Waals surface area (Å²) in [5, 5.41) is 23.3. The molecule has 0 heterocycles. The number of nitro groups is 1. The molecule has 1 N–H and O–H groups in total. The minimum atomic E-state index is -4.27. The number of nitriles is 1. The van der Waals surface area contributed by atoms with Gasteiger partial charge in [0.2, 0.25) is 0 Å². The van der Waals surface area contributed by atoms with Gasteiger partial charge in [0.25, 0.3) is 11.6 Å². The molecule has 3 aromatic carbocycles. The lowest BCUT2D eigenvalue weighted by Gasteiger charge is -2.11. The number of carbonyl (C=O) groups is 1. The van der Waals surface area contributed by atoms with Crippen molar-refractivity contribution >= 4 is 56.7 Å². The maximum absolute atomic E-state index is 12.6. The van der Waals surface area contributed by atoms with E-state index in [0.717, 1.165) is 12.1 Å². The molecule has 0 aliphatic heterocycles. The van der Waals surface area contributed by atoms with E-state index in [9.17, 15) is 28.6 Å². The zero-order chi connectivity index (χ0) is 24.9. The van der Waals surface area contributed by atoms with Gasteiger partial charge in [-0.1, -0.05) is 29.3 Å². The predicted molar refractivity (Wildman–Crippen MR) is 126 cm³/mol. The summed E-state index contributed by atoms with van der Waals surface area (Å²) in [5.74, 6) is -1.07. The van der Waals surface area contributed by atoms with Crippen molar-refractivity contribution in [3.05, 3.63) is 98.0 Å². The summed E-state index contributed by atoms with van der Waals surface area (Å²) in [7, 11) is -4.27. The Kier molecular flexibility index (Phi) is 7.53. The molecule has 0 fully saturated rings. The standard InChI is InChI=1S/C22H13Cl2N3O6S/c23-16-4-7-20(8-5-16)34(31,32)33-21-9-6-17(24)11-14(21)10-15(13-25)22(28)26-18-2-1-3-19(12-18)27(29)30/h1-12H,(H,26,28)/b15-10+. The van der Waals surface area contributed by atoms with Gasteiger partial charge < -0.3 is 9.50 Å². The summed E-state index contributed by atoms with van der Waals surface area (Å²) < 4.78 is 30.5. The molecule has 3 aromatic rings. The van der Waals surface area contributed by atoms with Crippen molar-refractivity contribution in [3.63, 3.8) is 0 Å². The van der Waals surface area contributed by atoms with Crippen LogP contribution in [0.4, 0.5) is 11.4 Å². The van der Waals surface area contributed by atoms with E-state index in [1.54, 1.807) is 6.07 Å². The van der Waals surface area contributed by atoms with Crippen molar-refractivity contribution in [1.29, 1.82) is 5.26 Å². The maximum atomic E-state index is 12.6. The molecule has 0 atom stereocenters. The molecule has 0 spiro atoms. The molecule has 0 aliphatic rings. The number of nitro benzene ring substituents is 1. The minimum Gasteiger partial charge on any atom is -0.378 e. The Morgan fingerprint density at radius 2 is 1.74 bits per heavy atom. The second-order valence-electron chi connectivity index (χ2n) is 6.60. The third kappa shape index (κ3) is 6.11. The number of nitrogens with zero attached hydrogens (tertiary/aromatic N) is 2. The zero-order valence-corrected chi connectivity index (χ0v) is 19.3. The van der Waals surface area contributed by atoms with Crippen LogP contribution in [0.3, 0.4) is 0 Å². The first kappa shape index (κ1) is 24.7. The maximum Gasteiger partial charge on any atom is 0.339 e. The topological polar surface area (TPSA) is 139 Å². The van der Waals surface area contributed by atoms with Gasteiger partial charge in [0.1, 0.15) is 22.3 Å². The SMILES string of the molecule is N#C/C(=C\c1cc(Cl)ccc1OS(=O)(=O)c1ccc(Cl)cc1)C(=O)Nc1cccc([N+](=O)[O-])c1. The summed E-state index contributed by atoms with van der Waals surface area (Å²) in [6.07, 6.45) is 1.09. The van der Waals surface area contributed by atoms with E-state index < -0.39 is 26.5 Å². The first-order valence-corrected chi connectivity index (χ1v) is 11.4. The summed E-state index contributed by atoms with van der Waals surface area (Å²) in [6.45, 7) is 0. The fourth-order valence-electron chi connectivity index (χ4n) is 2.68. The van der Waals surface area contributed by atoms with Crippen molar-refractivity contribution < 1.29 is 22.3 Å². The van der Waals surface area contributed by atoms with E-state index in [0.29, 0.717) is 5.02 Å². The van der Waals surface area contributed by atoms with E-state index in [4.69, 9.17) is 27.4 Å². The highest BCUT2D eigenvalue weighted by molar-refractivity contribution is 7.87. The van der Waals surface area contributed by atoms with Crippen molar-refractivity contribution in [2.45, 2.75) is 4.90 Å². The van der Waals surface area contributed by atoms with Crippen LogP contribution in [0.15, 0.2) is 77.2 Å². The van der Waals surface area contributed by atoms with Gasteiger partial charge in [0, 0.05) is 33.4 Å². The average molecular weight is 518 g/mol. The highest BCUT2D eigenvalue weighted by Crippen LogP contribution is 2.29. The highest BCUT2D eigenvalue weighted by atomic mass is 35.5. The number of anilines is 1. The number of hydrogen-bond acceptors (Lipinski definition) is 7. The number of halogens is 2. The van der Waals surface area contributed by atoms with Crippen LogP contribution in [0.5, 0.6) is 5.75 Å². The number of amides is 1. The lowest BCUT2D eigenvalue weighted by molar-refractivity contribution is -0.384. The van der Waals surface area contributed by atoms with Gasteiger partial charge in [-0.15, -0.1) is 0 Å². The molecular formula is C22H13Cl2N3O6S. The molecule has 3 rings (SSSR count). The monoisotopic (exact) mass is 517 g/mol. The quantitative estimate of drug-likeness (QED) is 0.149. The Hall–Kier alpha value is -3.91. The summed E-state index contributed by atoms with van der Waals surface area (Å²) in [5.41, 5.74) is -0.551. The van der Waals surface area contributed by atoms with E-state index in [1.165, 1.54) is 60.7 Å². The number of nitrogens with one attached hydrogen (secondary N) is 1. The molecule has 0 radical (unpaired) electrons. The minimum absolute atomic E-state index is 0.0378. The van der Waals surface area contributed by atoms with Crippen LogP contribution in [0, 0.1) is 21.4 Å². The lowest BCUT2D eigenvalue weighted by Crippen LogP contribution is -2.14. The predicted octanol–water partition coefficient (Wildman–Crippen LogP) is 5.21. The number of non-ortho nitro benzene ring substituents is 1. The van der Waals surface area contributed by atoms with Gasteiger partial charge in [-0.3, -0.25) is 14.9 Å². The molecule has 0 aromatic heterocycles. The van der Waals surface area contributed by atoms with Gasteiger partial charge in [0.05, 0.1) is 4.92 Å². The Morgan fingerprint density at radius 3 is 2.38 bits per heavy atom. The lowest BCUT2D eigenvalue weighted by atomic mass is 10.1. The van der Waals surface area contributed by atoms with Crippen LogP contribution in [-0.4, -0.2) is 19.2 Å². The van der Waals surface area contributed by atoms with Gasteiger partial charge in [0.15, 0.2) is 0 Å². The third-order valence-corrected chi connectivity index (χ3v) is 5.99. The molecule has 0 aliphatic carbocycles. The third-order valence-electron chi connectivity index (χ3n) is 4.25. The normalized spacial score (nSPS) is 11.4. The summed E-state index contributed by atoms with van der Waals surface area (Å²) in [6, 6.07) is 16.1. The zero-order valence-electron chi connectivity index (χ0n) is 16.9. The van der Waals surface area contributed by atoms with Crippen LogP contribution in [-0.2, 0) is 14.9 Å². The van der Waals surface area contributed by atoms with Crippen molar-refractivity contribution in [2.75, 3.05) is 5.32 Å². The molecule has 12 heteroatoms. The van der Waals surface area contributed by atoms with Crippen molar-refractivity contribution in [2.24, 2.45) is 0 Å². The van der Waals surface area contributed by atoms with Crippen LogP contribution in [0.2, 0.25) is 10.0 Å². The van der Waals surface area contributed by atoms with Crippen LogP contribution in [0.25, 0.3) is 6.08 Å². The van der Waals surface area contributed by atoms with Gasteiger partial charge in [-0.25, -0.2) is 0 Å². The Bertz CT molecular complexity index is 1450. The Balaban J connectivity index is 1.93. The van der Waals surface area contributed by atoms with Crippen molar-refractivity contribution in [3.8, 4) is 11.8 Å². The van der Waals surface area contributed by atoms with E-state index in [-0.39, 0.29) is 32.6 Å². The average Bonchev–Trinajstić information content (AvgIpc) is 2.79. The Labute approximate surface area is 204 Å². The number of carbonyl (C=O) groups excluding carboxylic acids is 1. The molecule has 0 bridgehead atoms. The molecule has 0 saturated carbocycles. The van der Waals surface area contributed by atoms with Crippen LogP contribution >= 0.6 is 23.2 Å². The molecule has 0 saturated heterocycles. The largest absolute Gasteiger partial charge is 0.378 e. The highest BCUT2D eigenvalue weighted by Gasteiger charge is 2.20. The van der Waals surface area contributed by atoms with Crippen LogP contribution in [0.1, 0.15) is 5.56 Å². The molecule has 1 amide bonds. The molecule has 34 heavy (non-hydrogen) atoms. The second-order valence-corrected chi connectivity index (χ2v) is 9.02. The summed E-state index contributed by atoms with van der Waals surface area (Å²) in [4.78, 5) is 22.7. The number of benzene rings is 3. The molecular weight excluding hydrogens is 505 g/mol. The number of rotatable bonds is 7. The molecule has 9 nitrogen and oxygen atoms in total. The van der Waals surface area contributed by atoms with Gasteiger partial charge in [-0.05, 0) is 54.6 Å².